The van der Waals surface area contributed by atoms with Crippen molar-refractivity contribution in [1.82, 2.24) is 0 Å². The van der Waals surface area contributed by atoms with Crippen LogP contribution < -0.4 is 0 Å². The first-order valence-corrected chi connectivity index (χ1v) is 30.4. The summed E-state index contributed by atoms with van der Waals surface area (Å²) in [6.45, 7) is 15.5. The molecule has 19 heteroatoms. The number of hydrogen-bond donors (Lipinski definition) is 3. The molecular formula is C59H82O19. The van der Waals surface area contributed by atoms with Crippen molar-refractivity contribution in [1.29, 1.82) is 0 Å². The monoisotopic (exact) mass is 1090 g/mol. The van der Waals surface area contributed by atoms with Gasteiger partial charge in [0.05, 0.1) is 129 Å². The van der Waals surface area contributed by atoms with Crippen molar-refractivity contribution >= 4 is 5.97 Å². The maximum absolute atomic E-state index is 14.5. The van der Waals surface area contributed by atoms with Crippen LogP contribution >= 0.6 is 0 Å². The average molecular weight is 1100 g/mol. The molecule has 0 radical (unpaired) electrons. The van der Waals surface area contributed by atoms with Gasteiger partial charge in [0.1, 0.15) is 36.6 Å². The largest absolute Gasteiger partial charge is 0.459 e. The Kier molecular flexibility index (Phi) is 12.6. The molecule has 432 valence electrons. The van der Waals surface area contributed by atoms with Crippen LogP contribution in [0.5, 0.6) is 0 Å². The molecule has 17 heterocycles. The van der Waals surface area contributed by atoms with Crippen molar-refractivity contribution in [3.05, 3.63) is 24.3 Å². The minimum Gasteiger partial charge on any atom is -0.459 e. The van der Waals surface area contributed by atoms with E-state index in [4.69, 9.17) is 77.6 Å². The van der Waals surface area contributed by atoms with Crippen molar-refractivity contribution in [2.75, 3.05) is 6.61 Å². The van der Waals surface area contributed by atoms with Crippen LogP contribution in [-0.2, 0) is 75.8 Å². The molecule has 17 fully saturated rings. The van der Waals surface area contributed by atoms with Gasteiger partial charge in [-0.25, -0.2) is 0 Å². The van der Waals surface area contributed by atoms with Gasteiger partial charge in [0.2, 0.25) is 0 Å². The lowest BCUT2D eigenvalue weighted by molar-refractivity contribution is -0.347. The second-order valence-corrected chi connectivity index (χ2v) is 27.5. The normalized spacial score (nSPS) is 59.0. The average Bonchev–Trinajstić information content (AvgIpc) is 4.29. The summed E-state index contributed by atoms with van der Waals surface area (Å²) in [7, 11) is 0. The molecule has 19 nitrogen and oxygen atoms in total. The van der Waals surface area contributed by atoms with Gasteiger partial charge in [0, 0.05) is 69.6 Å². The minimum absolute atomic E-state index is 0.0324. The van der Waals surface area contributed by atoms with Crippen LogP contribution in [0.1, 0.15) is 130 Å². The highest BCUT2D eigenvalue weighted by atomic mass is 16.8. The topological polar surface area (TPSA) is 216 Å². The van der Waals surface area contributed by atoms with Crippen molar-refractivity contribution in [3.63, 3.8) is 0 Å². The number of carbonyl (C=O) groups excluding carboxylic acids is 1. The van der Waals surface area contributed by atoms with Crippen molar-refractivity contribution in [2.24, 2.45) is 29.6 Å². The molecule has 17 aliphatic rings. The zero-order valence-corrected chi connectivity index (χ0v) is 45.3. The molecule has 17 saturated heterocycles. The first kappa shape index (κ1) is 51.9. The number of carbonyl (C=O) groups is 1. The maximum Gasteiger partial charge on any atom is 0.308 e. The second-order valence-electron chi connectivity index (χ2n) is 27.5. The van der Waals surface area contributed by atoms with E-state index >= 15 is 0 Å². The van der Waals surface area contributed by atoms with E-state index in [1.54, 1.807) is 0 Å². The summed E-state index contributed by atoms with van der Waals surface area (Å²) in [6, 6.07) is 0. The van der Waals surface area contributed by atoms with E-state index in [1.807, 2.05) is 0 Å². The Bertz CT molecular complexity index is 2380. The second kappa shape index (κ2) is 18.9. The van der Waals surface area contributed by atoms with Gasteiger partial charge in [-0.2, -0.15) is 0 Å². The first-order chi connectivity index (χ1) is 37.6. The highest BCUT2D eigenvalue weighted by Crippen LogP contribution is 2.61. The van der Waals surface area contributed by atoms with Gasteiger partial charge < -0.3 is 86.4 Å². The number of esters is 1. The molecule has 0 aromatic rings. The fourth-order valence-corrected chi connectivity index (χ4v) is 19.0. The van der Waals surface area contributed by atoms with Gasteiger partial charge in [0.25, 0.3) is 0 Å². The van der Waals surface area contributed by atoms with Gasteiger partial charge in [-0.3, -0.25) is 4.79 Å². The molecule has 0 amide bonds. The molecule has 17 rings (SSSR count). The summed E-state index contributed by atoms with van der Waals surface area (Å²) < 4.78 is 105. The third kappa shape index (κ3) is 8.29. The number of hydrogen-bond acceptors (Lipinski definition) is 19. The molecule has 0 aliphatic carbocycles. The molecule has 78 heavy (non-hydrogen) atoms. The van der Waals surface area contributed by atoms with Crippen LogP contribution in [0.25, 0.3) is 0 Å². The number of aliphatic hydroxyl groups excluding tert-OH is 3. The van der Waals surface area contributed by atoms with E-state index in [0.717, 1.165) is 43.3 Å². The smallest absolute Gasteiger partial charge is 0.308 e. The lowest BCUT2D eigenvalue weighted by Gasteiger charge is -2.52. The predicted octanol–water partition coefficient (Wildman–Crippen LogP) is 4.15. The lowest BCUT2D eigenvalue weighted by Crippen LogP contribution is -2.63. The van der Waals surface area contributed by atoms with Gasteiger partial charge in [-0.1, -0.05) is 33.9 Å². The summed E-state index contributed by atoms with van der Waals surface area (Å²) in [5.41, 5.74) is 2.12. The van der Waals surface area contributed by atoms with Gasteiger partial charge in [-0.05, 0) is 73.8 Å². The summed E-state index contributed by atoms with van der Waals surface area (Å²) in [5.74, 6) is -3.31. The predicted molar refractivity (Wildman–Crippen MR) is 267 cm³/mol. The Labute approximate surface area is 456 Å². The quantitative estimate of drug-likeness (QED) is 0.266. The van der Waals surface area contributed by atoms with E-state index in [-0.39, 0.29) is 146 Å². The minimum atomic E-state index is -1.02. The standard InChI is InChI=1S/C59H82O19/c1-24-10-32-13-34-33-12-30(6-8-36(24)65-32)64-38(27(33)4)15-41-51(72-47(63)14-31-7-9-37-52(66-31)56-55-54(68-37)53-45(71-55)22-59(34,77-53)78-56)28(5)50-42(67-41)17-40-44(70-50)20-58(73-40)21-46-49(76-58)26(3)19-57(75-46)18-25(2)48-43(74-57)16-39(69-48)35(62)11-29(61)23-60/h25-26,28-46,48-56,60-62H,1,4,6-23H2,2-3,5H3. The molecule has 33 atom stereocenters. The number of ether oxygens (including phenoxy) is 15. The molecule has 33 unspecified atom stereocenters. The molecular weight excluding hydrogens is 1010 g/mol. The van der Waals surface area contributed by atoms with Gasteiger partial charge >= 0.3 is 5.97 Å². The number of rotatable bonds is 4. The van der Waals surface area contributed by atoms with Crippen molar-refractivity contribution < 1.29 is 91.2 Å². The van der Waals surface area contributed by atoms with E-state index in [1.165, 1.54) is 0 Å². The van der Waals surface area contributed by atoms with E-state index in [0.29, 0.717) is 64.2 Å². The van der Waals surface area contributed by atoms with Crippen LogP contribution in [0.3, 0.4) is 0 Å². The molecule has 0 aromatic heterocycles. The third-order valence-corrected chi connectivity index (χ3v) is 22.3. The molecule has 0 aromatic carbocycles. The fourth-order valence-electron chi connectivity index (χ4n) is 19.0. The Hall–Kier alpha value is -1.73. The molecule has 17 aliphatic heterocycles. The molecule has 3 N–H and O–H groups in total. The summed E-state index contributed by atoms with van der Waals surface area (Å²) in [5, 5.41) is 30.4. The summed E-state index contributed by atoms with van der Waals surface area (Å²) in [6.07, 6.45) is 0.803. The summed E-state index contributed by atoms with van der Waals surface area (Å²) >= 11 is 0. The van der Waals surface area contributed by atoms with Crippen LogP contribution in [0, 0.1) is 29.6 Å². The molecule has 0 saturated carbocycles. The Morgan fingerprint density at radius 1 is 0.526 bits per heavy atom. The Morgan fingerprint density at radius 2 is 1.24 bits per heavy atom. The fraction of sp³-hybridized carbons (Fsp3) is 0.915. The summed E-state index contributed by atoms with van der Waals surface area (Å²) in [4.78, 5) is 14.5. The van der Waals surface area contributed by atoms with Gasteiger partial charge in [-0.15, -0.1) is 0 Å². The number of fused-ring (bicyclic) bond motifs is 10. The molecule has 3 spiro atoms. The first-order valence-electron chi connectivity index (χ1n) is 30.4. The third-order valence-electron chi connectivity index (χ3n) is 22.3. The zero-order chi connectivity index (χ0) is 52.9. The highest BCUT2D eigenvalue weighted by molar-refractivity contribution is 5.70. The zero-order valence-electron chi connectivity index (χ0n) is 45.3. The van der Waals surface area contributed by atoms with Gasteiger partial charge in [0.15, 0.2) is 17.4 Å². The SMILES string of the molecule is C=C1CC2CC3C4CC(CCC1O2)OC(CC1OC2CC5OC6(CC5OC2C(C)C1OC(=O)CC1CCC2OC5C7OC38CC7OC5C(O8)C2O1)CC1OC2(CC(C)C3OC(C(O)CC(O)CO)CC3O2)CC(C)C1O6)C4=C. The van der Waals surface area contributed by atoms with Crippen LogP contribution in [0.2, 0.25) is 0 Å². The van der Waals surface area contributed by atoms with E-state index in [9.17, 15) is 20.1 Å². The van der Waals surface area contributed by atoms with Crippen LogP contribution in [-0.4, -0.2) is 198 Å². The Morgan fingerprint density at radius 3 is 2.10 bits per heavy atom. The van der Waals surface area contributed by atoms with Crippen LogP contribution in [0.15, 0.2) is 24.3 Å². The Balaban J connectivity index is 0.662. The molecule has 13 bridgehead atoms. The lowest BCUT2D eigenvalue weighted by atomic mass is 9.69. The van der Waals surface area contributed by atoms with Crippen molar-refractivity contribution in [3.8, 4) is 0 Å². The highest BCUT2D eigenvalue weighted by Gasteiger charge is 2.72. The van der Waals surface area contributed by atoms with Crippen LogP contribution in [0.4, 0.5) is 0 Å². The van der Waals surface area contributed by atoms with Crippen molar-refractivity contribution in [2.45, 2.75) is 300 Å². The van der Waals surface area contributed by atoms with E-state index < -0.39 is 78.9 Å². The van der Waals surface area contributed by atoms with E-state index in [2.05, 4.69) is 27.4 Å². The number of aliphatic hydroxyl groups is 3. The maximum atomic E-state index is 14.5.